The van der Waals surface area contributed by atoms with Gasteiger partial charge in [-0.15, -0.1) is 0 Å². The van der Waals surface area contributed by atoms with Crippen LogP contribution in [0.1, 0.15) is 13.8 Å². The Bertz CT molecular complexity index is 463. The molecule has 112 valence electrons. The summed E-state index contributed by atoms with van der Waals surface area (Å²) >= 11 is 1.23. The number of carbonyl (C=O) groups excluding carboxylic acids is 2. The zero-order chi connectivity index (χ0) is 15.1. The minimum atomic E-state index is -0.736. The van der Waals surface area contributed by atoms with E-state index in [-0.39, 0.29) is 13.2 Å². The van der Waals surface area contributed by atoms with Crippen LogP contribution < -0.4 is 15.3 Å². The van der Waals surface area contributed by atoms with Crippen LogP contribution in [0, 0.1) is 0 Å². The highest BCUT2D eigenvalue weighted by atomic mass is 32.1. The van der Waals surface area contributed by atoms with E-state index in [9.17, 15) is 9.59 Å². The third kappa shape index (κ3) is 4.26. The first-order valence-electron chi connectivity index (χ1n) is 6.03. The van der Waals surface area contributed by atoms with E-state index in [0.29, 0.717) is 10.1 Å². The zero-order valence-corrected chi connectivity index (χ0v) is 12.7. The summed E-state index contributed by atoms with van der Waals surface area (Å²) in [7, 11) is 3.66. The predicted octanol–water partition coefficient (Wildman–Crippen LogP) is 1.83. The summed E-state index contributed by atoms with van der Waals surface area (Å²) in [5.74, 6) is 0. The van der Waals surface area contributed by atoms with Crippen LogP contribution in [0.15, 0.2) is 6.20 Å². The Kier molecular flexibility index (Phi) is 6.04. The Labute approximate surface area is 121 Å². The highest BCUT2D eigenvalue weighted by molar-refractivity contribution is 7.19. The maximum absolute atomic E-state index is 11.9. The molecule has 0 aromatic carbocycles. The topological polar surface area (TPSA) is 84.0 Å². The van der Waals surface area contributed by atoms with Gasteiger partial charge < -0.3 is 14.4 Å². The predicted molar refractivity (Wildman–Crippen MR) is 76.1 cm³/mol. The van der Waals surface area contributed by atoms with E-state index >= 15 is 0 Å². The molecule has 0 saturated carbocycles. The van der Waals surface area contributed by atoms with Crippen molar-refractivity contribution < 1.29 is 19.1 Å². The Hall–Kier alpha value is -2.03. The molecule has 0 saturated heterocycles. The number of nitrogens with one attached hydrogen (secondary N) is 1. The summed E-state index contributed by atoms with van der Waals surface area (Å²) in [6, 6.07) is 0. The van der Waals surface area contributed by atoms with E-state index in [0.717, 1.165) is 5.01 Å². The smallest absolute Gasteiger partial charge is 0.434 e. The van der Waals surface area contributed by atoms with E-state index in [2.05, 4.69) is 10.4 Å². The molecule has 0 spiro atoms. The first-order valence-corrected chi connectivity index (χ1v) is 6.84. The third-order valence-electron chi connectivity index (χ3n) is 2.01. The van der Waals surface area contributed by atoms with Crippen molar-refractivity contribution in [2.75, 3.05) is 37.2 Å². The molecule has 0 atom stereocenters. The summed E-state index contributed by atoms with van der Waals surface area (Å²) in [5.41, 5.74) is 2.32. The number of amides is 2. The van der Waals surface area contributed by atoms with Crippen LogP contribution in [0.5, 0.6) is 0 Å². The lowest BCUT2D eigenvalue weighted by atomic mass is 10.7. The molecule has 0 unspecified atom stereocenters. The standard InChI is InChI=1S/C11H18N4O4S/c1-5-18-10(16)13-15(11(17)19-6-2)8-7-12-9(20-8)14(3)4/h7H,5-6H2,1-4H3,(H,13,16). The van der Waals surface area contributed by atoms with E-state index in [1.807, 2.05) is 14.1 Å². The average Bonchev–Trinajstić information content (AvgIpc) is 2.86. The lowest BCUT2D eigenvalue weighted by Gasteiger charge is -2.19. The van der Waals surface area contributed by atoms with Gasteiger partial charge in [-0.05, 0) is 13.8 Å². The van der Waals surface area contributed by atoms with Crippen LogP contribution in [0.2, 0.25) is 0 Å². The van der Waals surface area contributed by atoms with Gasteiger partial charge in [0.15, 0.2) is 5.13 Å². The van der Waals surface area contributed by atoms with Gasteiger partial charge in [0.2, 0.25) is 0 Å². The molecule has 2 amide bonds. The zero-order valence-electron chi connectivity index (χ0n) is 11.9. The highest BCUT2D eigenvalue weighted by Crippen LogP contribution is 2.28. The number of hydrogen-bond acceptors (Lipinski definition) is 7. The number of nitrogens with zero attached hydrogens (tertiary/aromatic N) is 3. The van der Waals surface area contributed by atoms with Gasteiger partial charge in [0.05, 0.1) is 19.4 Å². The monoisotopic (exact) mass is 302 g/mol. The Morgan fingerprint density at radius 2 is 1.95 bits per heavy atom. The molecule has 0 aliphatic carbocycles. The van der Waals surface area contributed by atoms with E-state index < -0.39 is 12.2 Å². The van der Waals surface area contributed by atoms with Crippen LogP contribution in [0.4, 0.5) is 19.7 Å². The number of hydrazine groups is 1. The maximum atomic E-state index is 11.9. The first kappa shape index (κ1) is 16.0. The molecule has 8 nitrogen and oxygen atoms in total. The molecule has 1 aromatic rings. The maximum Gasteiger partial charge on any atom is 0.434 e. The first-order chi connectivity index (χ1) is 9.49. The number of hydrogen-bond donors (Lipinski definition) is 1. The van der Waals surface area contributed by atoms with Crippen molar-refractivity contribution in [1.29, 1.82) is 0 Å². The lowest BCUT2D eigenvalue weighted by Crippen LogP contribution is -2.46. The van der Waals surface area contributed by atoms with Crippen molar-refractivity contribution in [3.05, 3.63) is 6.20 Å². The van der Waals surface area contributed by atoms with Gasteiger partial charge in [-0.1, -0.05) is 11.3 Å². The molecule has 9 heteroatoms. The molecular formula is C11H18N4O4S. The second kappa shape index (κ2) is 7.53. The fraction of sp³-hybridized carbons (Fsp3) is 0.545. The lowest BCUT2D eigenvalue weighted by molar-refractivity contribution is 0.139. The molecule has 0 bridgehead atoms. The third-order valence-corrected chi connectivity index (χ3v) is 3.16. The van der Waals surface area contributed by atoms with Crippen molar-refractivity contribution in [1.82, 2.24) is 10.4 Å². The van der Waals surface area contributed by atoms with Crippen molar-refractivity contribution >= 4 is 33.7 Å². The van der Waals surface area contributed by atoms with Crippen molar-refractivity contribution in [3.8, 4) is 0 Å². The fourth-order valence-corrected chi connectivity index (χ4v) is 1.99. The number of aromatic nitrogens is 1. The van der Waals surface area contributed by atoms with Gasteiger partial charge in [0.1, 0.15) is 5.00 Å². The fourth-order valence-electron chi connectivity index (χ4n) is 1.20. The molecule has 0 aliphatic heterocycles. The van der Waals surface area contributed by atoms with Crippen LogP contribution in [0.3, 0.4) is 0 Å². The Morgan fingerprint density at radius 1 is 1.30 bits per heavy atom. The average molecular weight is 302 g/mol. The van der Waals surface area contributed by atoms with Crippen LogP contribution in [-0.4, -0.2) is 44.5 Å². The van der Waals surface area contributed by atoms with Crippen LogP contribution in [0.25, 0.3) is 0 Å². The SMILES string of the molecule is CCOC(=O)NN(C(=O)OCC)c1cnc(N(C)C)s1. The molecule has 0 radical (unpaired) electrons. The van der Waals surface area contributed by atoms with E-state index in [1.54, 1.807) is 18.7 Å². The van der Waals surface area contributed by atoms with E-state index in [4.69, 9.17) is 9.47 Å². The number of rotatable bonds is 4. The van der Waals surface area contributed by atoms with Crippen LogP contribution >= 0.6 is 11.3 Å². The minimum Gasteiger partial charge on any atom is -0.449 e. The number of ether oxygens (including phenoxy) is 2. The van der Waals surface area contributed by atoms with Crippen molar-refractivity contribution in [2.24, 2.45) is 0 Å². The van der Waals surface area contributed by atoms with Gasteiger partial charge in [-0.3, -0.25) is 0 Å². The summed E-state index contributed by atoms with van der Waals surface area (Å²) in [6.07, 6.45) is 0.0400. The second-order valence-corrected chi connectivity index (χ2v) is 4.73. The normalized spacial score (nSPS) is 9.80. The summed E-state index contributed by atoms with van der Waals surface area (Å²) in [6.45, 7) is 3.75. The van der Waals surface area contributed by atoms with Gasteiger partial charge in [0.25, 0.3) is 0 Å². The Balaban J connectivity index is 2.90. The summed E-state index contributed by atoms with van der Waals surface area (Å²) in [4.78, 5) is 29.3. The molecule has 1 rings (SSSR count). The summed E-state index contributed by atoms with van der Waals surface area (Å²) < 4.78 is 9.64. The van der Waals surface area contributed by atoms with Gasteiger partial charge in [0, 0.05) is 14.1 Å². The minimum absolute atomic E-state index is 0.194. The summed E-state index contributed by atoms with van der Waals surface area (Å²) in [5, 5.41) is 2.10. The highest BCUT2D eigenvalue weighted by Gasteiger charge is 2.23. The number of anilines is 2. The quantitative estimate of drug-likeness (QED) is 0.854. The van der Waals surface area contributed by atoms with Gasteiger partial charge in [-0.25, -0.2) is 20.0 Å². The largest absolute Gasteiger partial charge is 0.449 e. The van der Waals surface area contributed by atoms with Gasteiger partial charge in [-0.2, -0.15) is 5.01 Å². The van der Waals surface area contributed by atoms with Gasteiger partial charge >= 0.3 is 12.2 Å². The molecular weight excluding hydrogens is 284 g/mol. The van der Waals surface area contributed by atoms with Crippen LogP contribution in [-0.2, 0) is 9.47 Å². The molecule has 1 N–H and O–H groups in total. The molecule has 20 heavy (non-hydrogen) atoms. The second-order valence-electron chi connectivity index (χ2n) is 3.74. The molecule has 1 heterocycles. The molecule has 1 aromatic heterocycles. The Morgan fingerprint density at radius 3 is 2.45 bits per heavy atom. The molecule has 0 fully saturated rings. The van der Waals surface area contributed by atoms with Crippen molar-refractivity contribution in [2.45, 2.75) is 13.8 Å². The van der Waals surface area contributed by atoms with Crippen molar-refractivity contribution in [3.63, 3.8) is 0 Å². The molecule has 0 aliphatic rings. The number of carbonyl (C=O) groups is 2. The number of thiazole rings is 1. The van der Waals surface area contributed by atoms with E-state index in [1.165, 1.54) is 17.5 Å².